The highest BCUT2D eigenvalue weighted by molar-refractivity contribution is 6.31. The number of halogens is 2. The summed E-state index contributed by atoms with van der Waals surface area (Å²) in [6.45, 7) is 0.595. The Balaban J connectivity index is 2.26. The van der Waals surface area contributed by atoms with Gasteiger partial charge in [-0.2, -0.15) is 5.26 Å². The number of benzene rings is 1. The molecule has 1 heterocycles. The van der Waals surface area contributed by atoms with Gasteiger partial charge >= 0.3 is 0 Å². The average Bonchev–Trinajstić information content (AvgIpc) is 2.40. The molecule has 1 aromatic carbocycles. The lowest BCUT2D eigenvalue weighted by Gasteiger charge is -2.19. The van der Waals surface area contributed by atoms with E-state index in [4.69, 9.17) is 28.5 Å². The quantitative estimate of drug-likeness (QED) is 0.805. The predicted molar refractivity (Wildman–Crippen MR) is 77.5 cm³/mol. The summed E-state index contributed by atoms with van der Waals surface area (Å²) in [6, 6.07) is 12.9. The number of aromatic nitrogens is 1. The van der Waals surface area contributed by atoms with Crippen LogP contribution in [0.5, 0.6) is 0 Å². The molecule has 0 aliphatic rings. The normalized spacial score (nSPS) is 10.0. The van der Waals surface area contributed by atoms with E-state index in [1.54, 1.807) is 6.07 Å². The van der Waals surface area contributed by atoms with E-state index in [2.05, 4.69) is 11.1 Å². The van der Waals surface area contributed by atoms with Gasteiger partial charge in [0, 0.05) is 18.6 Å². The second-order valence-corrected chi connectivity index (χ2v) is 4.89. The summed E-state index contributed by atoms with van der Waals surface area (Å²) in [6.07, 6.45) is 0. The van der Waals surface area contributed by atoms with Crippen LogP contribution in [0.25, 0.3) is 0 Å². The van der Waals surface area contributed by atoms with Gasteiger partial charge in [-0.05, 0) is 23.8 Å². The third-order valence-corrected chi connectivity index (χ3v) is 3.23. The predicted octanol–water partition coefficient (Wildman–Crippen LogP) is 3.90. The molecule has 0 aliphatic heterocycles. The Hall–Kier alpha value is -1.76. The van der Waals surface area contributed by atoms with Crippen LogP contribution in [0.2, 0.25) is 10.2 Å². The van der Waals surface area contributed by atoms with Gasteiger partial charge in [-0.15, -0.1) is 0 Å². The maximum Gasteiger partial charge on any atom is 0.132 e. The third-order valence-electron chi connectivity index (χ3n) is 2.67. The smallest absolute Gasteiger partial charge is 0.132 e. The number of pyridine rings is 1. The largest absolute Gasteiger partial charge is 0.355 e. The van der Waals surface area contributed by atoms with Gasteiger partial charge in [-0.3, -0.25) is 0 Å². The zero-order valence-corrected chi connectivity index (χ0v) is 11.8. The lowest BCUT2D eigenvalue weighted by molar-refractivity contribution is 0.898. The highest BCUT2D eigenvalue weighted by Gasteiger charge is 2.08. The van der Waals surface area contributed by atoms with Gasteiger partial charge in [0.15, 0.2) is 0 Å². The first-order valence-electron chi connectivity index (χ1n) is 5.62. The van der Waals surface area contributed by atoms with Crippen molar-refractivity contribution in [2.24, 2.45) is 0 Å². The fraction of sp³-hybridized carbons (Fsp3) is 0.143. The van der Waals surface area contributed by atoms with E-state index in [9.17, 15) is 0 Å². The Bertz CT molecular complexity index is 635. The maximum absolute atomic E-state index is 8.93. The van der Waals surface area contributed by atoms with E-state index in [0.29, 0.717) is 28.1 Å². The fourth-order valence-electron chi connectivity index (χ4n) is 1.71. The highest BCUT2D eigenvalue weighted by atomic mass is 35.5. The SMILES string of the molecule is CN(Cc1ccccc1Cl)c1cc(C#N)cc(Cl)n1. The van der Waals surface area contributed by atoms with Crippen LogP contribution in [0.15, 0.2) is 36.4 Å². The monoisotopic (exact) mass is 291 g/mol. The van der Waals surface area contributed by atoms with Crippen molar-refractivity contribution in [2.75, 3.05) is 11.9 Å². The van der Waals surface area contributed by atoms with Crippen LogP contribution in [-0.2, 0) is 6.54 Å². The Morgan fingerprint density at radius 2 is 2.00 bits per heavy atom. The van der Waals surface area contributed by atoms with E-state index in [0.717, 1.165) is 5.56 Å². The van der Waals surface area contributed by atoms with Crippen molar-refractivity contribution in [3.05, 3.63) is 57.7 Å². The van der Waals surface area contributed by atoms with Crippen molar-refractivity contribution >= 4 is 29.0 Å². The lowest BCUT2D eigenvalue weighted by atomic mass is 10.2. The van der Waals surface area contributed by atoms with Gasteiger partial charge < -0.3 is 4.90 Å². The first kappa shape index (κ1) is 13.7. The Labute approximate surface area is 122 Å². The molecule has 0 bridgehead atoms. The van der Waals surface area contributed by atoms with Crippen LogP contribution in [0.1, 0.15) is 11.1 Å². The summed E-state index contributed by atoms with van der Waals surface area (Å²) in [5, 5.41) is 9.94. The van der Waals surface area contributed by atoms with Crippen LogP contribution in [0.4, 0.5) is 5.82 Å². The molecule has 5 heteroatoms. The Morgan fingerprint density at radius 1 is 1.26 bits per heavy atom. The van der Waals surface area contributed by atoms with Gasteiger partial charge in [0.25, 0.3) is 0 Å². The van der Waals surface area contributed by atoms with Crippen molar-refractivity contribution in [1.82, 2.24) is 4.98 Å². The molecule has 96 valence electrons. The molecule has 0 spiro atoms. The summed E-state index contributed by atoms with van der Waals surface area (Å²) in [5.74, 6) is 0.643. The first-order chi connectivity index (χ1) is 9.10. The molecule has 2 rings (SSSR count). The van der Waals surface area contributed by atoms with Crippen molar-refractivity contribution in [3.8, 4) is 6.07 Å². The Kier molecular flexibility index (Phi) is 4.26. The van der Waals surface area contributed by atoms with Gasteiger partial charge in [0.2, 0.25) is 0 Å². The second kappa shape index (κ2) is 5.92. The van der Waals surface area contributed by atoms with E-state index in [-0.39, 0.29) is 0 Å². The number of nitriles is 1. The molecule has 0 aliphatic carbocycles. The van der Waals surface area contributed by atoms with Crippen LogP contribution < -0.4 is 4.90 Å². The number of rotatable bonds is 3. The number of anilines is 1. The highest BCUT2D eigenvalue weighted by Crippen LogP contribution is 2.21. The maximum atomic E-state index is 8.93. The van der Waals surface area contributed by atoms with Crippen molar-refractivity contribution in [3.63, 3.8) is 0 Å². The van der Waals surface area contributed by atoms with Gasteiger partial charge in [0.05, 0.1) is 11.6 Å². The minimum atomic E-state index is 0.306. The van der Waals surface area contributed by atoms with E-state index < -0.39 is 0 Å². The molecular formula is C14H11Cl2N3. The molecule has 2 aromatic rings. The molecular weight excluding hydrogens is 281 g/mol. The summed E-state index contributed by atoms with van der Waals surface area (Å²) in [5.41, 5.74) is 1.48. The van der Waals surface area contributed by atoms with E-state index >= 15 is 0 Å². The zero-order chi connectivity index (χ0) is 13.8. The molecule has 0 N–H and O–H groups in total. The van der Waals surface area contributed by atoms with Crippen LogP contribution in [-0.4, -0.2) is 12.0 Å². The number of hydrogen-bond donors (Lipinski definition) is 0. The number of nitrogens with zero attached hydrogens (tertiary/aromatic N) is 3. The molecule has 0 saturated carbocycles. The average molecular weight is 292 g/mol. The van der Waals surface area contributed by atoms with Crippen molar-refractivity contribution < 1.29 is 0 Å². The van der Waals surface area contributed by atoms with Crippen LogP contribution in [0.3, 0.4) is 0 Å². The van der Waals surface area contributed by atoms with E-state index in [1.807, 2.05) is 36.2 Å². The minimum Gasteiger partial charge on any atom is -0.355 e. The molecule has 0 unspecified atom stereocenters. The summed E-state index contributed by atoms with van der Waals surface area (Å²) in [7, 11) is 1.88. The van der Waals surface area contributed by atoms with Crippen molar-refractivity contribution in [1.29, 1.82) is 5.26 Å². The molecule has 0 fully saturated rings. The molecule has 0 saturated heterocycles. The van der Waals surface area contributed by atoms with Crippen LogP contribution in [0, 0.1) is 11.3 Å². The van der Waals surface area contributed by atoms with Crippen LogP contribution >= 0.6 is 23.2 Å². The summed E-state index contributed by atoms with van der Waals surface area (Å²) in [4.78, 5) is 6.10. The number of hydrogen-bond acceptors (Lipinski definition) is 3. The topological polar surface area (TPSA) is 39.9 Å². The minimum absolute atomic E-state index is 0.306. The third kappa shape index (κ3) is 3.37. The zero-order valence-electron chi connectivity index (χ0n) is 10.3. The molecule has 0 amide bonds. The Morgan fingerprint density at radius 3 is 2.68 bits per heavy atom. The van der Waals surface area contributed by atoms with Gasteiger partial charge in [0.1, 0.15) is 11.0 Å². The fourth-order valence-corrected chi connectivity index (χ4v) is 2.11. The first-order valence-corrected chi connectivity index (χ1v) is 6.38. The van der Waals surface area contributed by atoms with E-state index in [1.165, 1.54) is 6.07 Å². The van der Waals surface area contributed by atoms with Crippen molar-refractivity contribution in [2.45, 2.75) is 6.54 Å². The second-order valence-electron chi connectivity index (χ2n) is 4.10. The molecule has 0 radical (unpaired) electrons. The molecule has 3 nitrogen and oxygen atoms in total. The summed E-state index contributed by atoms with van der Waals surface area (Å²) >= 11 is 12.0. The molecule has 19 heavy (non-hydrogen) atoms. The van der Waals surface area contributed by atoms with Gasteiger partial charge in [-0.1, -0.05) is 41.4 Å². The van der Waals surface area contributed by atoms with Gasteiger partial charge in [-0.25, -0.2) is 4.98 Å². The summed E-state index contributed by atoms with van der Waals surface area (Å²) < 4.78 is 0. The standard InChI is InChI=1S/C14H11Cl2N3/c1-19(9-11-4-2-3-5-12(11)15)14-7-10(8-17)6-13(16)18-14/h2-7H,9H2,1H3. The lowest BCUT2D eigenvalue weighted by Crippen LogP contribution is -2.18. The molecule has 1 aromatic heterocycles. The molecule has 0 atom stereocenters.